The summed E-state index contributed by atoms with van der Waals surface area (Å²) in [7, 11) is 0. The molecular formula is C20H23NO5. The summed E-state index contributed by atoms with van der Waals surface area (Å²) in [6.45, 7) is 5.95. The van der Waals surface area contributed by atoms with Crippen LogP contribution in [0.4, 0.5) is 5.69 Å². The highest BCUT2D eigenvalue weighted by Crippen LogP contribution is 2.16. The van der Waals surface area contributed by atoms with E-state index in [4.69, 9.17) is 14.2 Å². The summed E-state index contributed by atoms with van der Waals surface area (Å²) in [5.74, 6) is 0.414. The van der Waals surface area contributed by atoms with Crippen LogP contribution in [-0.2, 0) is 9.53 Å². The average molecular weight is 357 g/mol. The molecule has 2 rings (SSSR count). The molecule has 138 valence electrons. The number of anilines is 1. The van der Waals surface area contributed by atoms with Gasteiger partial charge in [0.25, 0.3) is 5.91 Å². The van der Waals surface area contributed by atoms with Crippen LogP contribution in [0.25, 0.3) is 0 Å². The van der Waals surface area contributed by atoms with Crippen LogP contribution in [0.1, 0.15) is 31.1 Å². The molecule has 0 bridgehead atoms. The van der Waals surface area contributed by atoms with Crippen LogP contribution in [0, 0.1) is 0 Å². The Morgan fingerprint density at radius 1 is 0.962 bits per heavy atom. The van der Waals surface area contributed by atoms with E-state index in [9.17, 15) is 9.59 Å². The van der Waals surface area contributed by atoms with Crippen LogP contribution in [0.3, 0.4) is 0 Å². The summed E-state index contributed by atoms with van der Waals surface area (Å²) in [6.07, 6.45) is 0.0547. The highest BCUT2D eigenvalue weighted by atomic mass is 16.5. The molecule has 0 aliphatic carbocycles. The molecule has 1 amide bonds. The fourth-order valence-electron chi connectivity index (χ4n) is 2.15. The Morgan fingerprint density at radius 2 is 1.58 bits per heavy atom. The van der Waals surface area contributed by atoms with E-state index in [-0.39, 0.29) is 12.7 Å². The van der Waals surface area contributed by atoms with Gasteiger partial charge in [-0.25, -0.2) is 4.79 Å². The Hall–Kier alpha value is -3.02. The summed E-state index contributed by atoms with van der Waals surface area (Å²) >= 11 is 0. The lowest BCUT2D eigenvalue weighted by Gasteiger charge is -2.10. The minimum atomic E-state index is -0.567. The monoisotopic (exact) mass is 357 g/mol. The molecule has 0 atom stereocenters. The Balaban J connectivity index is 1.81. The molecule has 2 aromatic rings. The molecule has 6 heteroatoms. The van der Waals surface area contributed by atoms with Crippen molar-refractivity contribution in [1.82, 2.24) is 0 Å². The van der Waals surface area contributed by atoms with Crippen LogP contribution in [0.15, 0.2) is 48.5 Å². The topological polar surface area (TPSA) is 73.9 Å². The Morgan fingerprint density at radius 3 is 2.15 bits per heavy atom. The lowest BCUT2D eigenvalue weighted by atomic mass is 10.2. The minimum Gasteiger partial charge on any atom is -0.494 e. The maximum absolute atomic E-state index is 12.0. The minimum absolute atomic E-state index is 0.0547. The molecule has 0 unspecified atom stereocenters. The number of rotatable bonds is 8. The highest BCUT2D eigenvalue weighted by Gasteiger charge is 2.11. The third-order valence-electron chi connectivity index (χ3n) is 3.25. The van der Waals surface area contributed by atoms with E-state index < -0.39 is 11.9 Å². The van der Waals surface area contributed by atoms with Crippen molar-refractivity contribution in [3.63, 3.8) is 0 Å². The fraction of sp³-hybridized carbons (Fsp3) is 0.300. The van der Waals surface area contributed by atoms with Crippen molar-refractivity contribution in [2.75, 3.05) is 18.5 Å². The van der Waals surface area contributed by atoms with Gasteiger partial charge >= 0.3 is 5.97 Å². The van der Waals surface area contributed by atoms with Gasteiger partial charge in [0.2, 0.25) is 0 Å². The average Bonchev–Trinajstić information content (AvgIpc) is 2.62. The van der Waals surface area contributed by atoms with Crippen LogP contribution in [0.5, 0.6) is 11.5 Å². The SMILES string of the molecule is CCOc1ccc(NC(=O)COC(=O)c2ccc(OC(C)C)cc2)cc1. The standard InChI is InChI=1S/C20H23NO5/c1-4-24-17-11-7-16(8-12-17)21-19(22)13-25-20(23)15-5-9-18(10-6-15)26-14(2)3/h5-12,14H,4,13H2,1-3H3,(H,21,22). The number of carbonyl (C=O) groups excluding carboxylic acids is 2. The zero-order chi connectivity index (χ0) is 18.9. The van der Waals surface area contributed by atoms with Crippen LogP contribution in [-0.4, -0.2) is 31.2 Å². The van der Waals surface area contributed by atoms with Gasteiger partial charge in [0.1, 0.15) is 11.5 Å². The number of amides is 1. The lowest BCUT2D eigenvalue weighted by Crippen LogP contribution is -2.20. The molecule has 0 aromatic heterocycles. The Bertz CT molecular complexity index is 723. The van der Waals surface area contributed by atoms with Gasteiger partial charge in [-0.3, -0.25) is 4.79 Å². The largest absolute Gasteiger partial charge is 0.494 e. The van der Waals surface area contributed by atoms with E-state index in [1.54, 1.807) is 48.5 Å². The van der Waals surface area contributed by atoms with Crippen molar-refractivity contribution in [3.05, 3.63) is 54.1 Å². The molecule has 0 radical (unpaired) electrons. The first-order valence-corrected chi connectivity index (χ1v) is 8.44. The van der Waals surface area contributed by atoms with Gasteiger partial charge in [-0.2, -0.15) is 0 Å². The Kier molecular flexibility index (Phi) is 7.02. The second-order valence-corrected chi connectivity index (χ2v) is 5.77. The normalized spacial score (nSPS) is 10.3. The third-order valence-corrected chi connectivity index (χ3v) is 3.25. The fourth-order valence-corrected chi connectivity index (χ4v) is 2.15. The predicted molar refractivity (Wildman–Crippen MR) is 98.7 cm³/mol. The van der Waals surface area contributed by atoms with Crippen LogP contribution in [0.2, 0.25) is 0 Å². The van der Waals surface area contributed by atoms with Gasteiger partial charge < -0.3 is 19.5 Å². The first-order chi connectivity index (χ1) is 12.5. The van der Waals surface area contributed by atoms with Gasteiger partial charge in [-0.1, -0.05) is 0 Å². The maximum atomic E-state index is 12.0. The predicted octanol–water partition coefficient (Wildman–Crippen LogP) is 3.67. The zero-order valence-electron chi connectivity index (χ0n) is 15.2. The van der Waals surface area contributed by atoms with Gasteiger partial charge in [0.05, 0.1) is 18.3 Å². The van der Waals surface area contributed by atoms with E-state index in [0.29, 0.717) is 23.6 Å². The lowest BCUT2D eigenvalue weighted by molar-refractivity contribution is -0.119. The van der Waals surface area contributed by atoms with Crippen molar-refractivity contribution in [2.24, 2.45) is 0 Å². The number of esters is 1. The smallest absolute Gasteiger partial charge is 0.338 e. The maximum Gasteiger partial charge on any atom is 0.338 e. The van der Waals surface area contributed by atoms with E-state index in [0.717, 1.165) is 5.75 Å². The van der Waals surface area contributed by atoms with E-state index in [1.807, 2.05) is 20.8 Å². The molecule has 0 heterocycles. The summed E-state index contributed by atoms with van der Waals surface area (Å²) in [5, 5.41) is 2.66. The van der Waals surface area contributed by atoms with Crippen LogP contribution < -0.4 is 14.8 Å². The van der Waals surface area contributed by atoms with E-state index in [2.05, 4.69) is 5.32 Å². The molecule has 2 aromatic carbocycles. The Labute approximate surface area is 153 Å². The van der Waals surface area contributed by atoms with Crippen molar-refractivity contribution in [3.8, 4) is 11.5 Å². The molecular weight excluding hydrogens is 334 g/mol. The zero-order valence-corrected chi connectivity index (χ0v) is 15.2. The summed E-state index contributed by atoms with van der Waals surface area (Å²) < 4.78 is 15.9. The van der Waals surface area contributed by atoms with Gasteiger partial charge in [-0.15, -0.1) is 0 Å². The molecule has 6 nitrogen and oxygen atoms in total. The highest BCUT2D eigenvalue weighted by molar-refractivity contribution is 5.95. The third kappa shape index (κ3) is 6.12. The molecule has 0 saturated heterocycles. The molecule has 0 aliphatic rings. The summed E-state index contributed by atoms with van der Waals surface area (Å²) in [6, 6.07) is 13.5. The van der Waals surface area contributed by atoms with Gasteiger partial charge in [0.15, 0.2) is 6.61 Å². The number of ether oxygens (including phenoxy) is 3. The molecule has 0 saturated carbocycles. The second kappa shape index (κ2) is 9.46. The van der Waals surface area contributed by atoms with Crippen molar-refractivity contribution >= 4 is 17.6 Å². The van der Waals surface area contributed by atoms with Crippen LogP contribution >= 0.6 is 0 Å². The number of benzene rings is 2. The molecule has 1 N–H and O–H groups in total. The van der Waals surface area contributed by atoms with Gasteiger partial charge in [0, 0.05) is 5.69 Å². The van der Waals surface area contributed by atoms with Gasteiger partial charge in [-0.05, 0) is 69.3 Å². The quantitative estimate of drug-likeness (QED) is 0.730. The number of carbonyl (C=O) groups is 2. The molecule has 0 fully saturated rings. The number of nitrogens with one attached hydrogen (secondary N) is 1. The second-order valence-electron chi connectivity index (χ2n) is 5.77. The first-order valence-electron chi connectivity index (χ1n) is 8.44. The summed E-state index contributed by atoms with van der Waals surface area (Å²) in [5.41, 5.74) is 0.958. The number of hydrogen-bond donors (Lipinski definition) is 1. The van der Waals surface area contributed by atoms with Crippen molar-refractivity contribution < 1.29 is 23.8 Å². The van der Waals surface area contributed by atoms with Crippen molar-refractivity contribution in [1.29, 1.82) is 0 Å². The molecule has 0 spiro atoms. The van der Waals surface area contributed by atoms with E-state index >= 15 is 0 Å². The van der Waals surface area contributed by atoms with E-state index in [1.165, 1.54) is 0 Å². The first kappa shape index (κ1) is 19.3. The molecule has 26 heavy (non-hydrogen) atoms. The number of hydrogen-bond acceptors (Lipinski definition) is 5. The van der Waals surface area contributed by atoms with Crippen molar-refractivity contribution in [2.45, 2.75) is 26.9 Å². The summed E-state index contributed by atoms with van der Waals surface area (Å²) in [4.78, 5) is 23.9. The molecule has 0 aliphatic heterocycles.